The van der Waals surface area contributed by atoms with Crippen LogP contribution in [0.3, 0.4) is 0 Å². The predicted molar refractivity (Wildman–Crippen MR) is 82.1 cm³/mol. The summed E-state index contributed by atoms with van der Waals surface area (Å²) in [6.45, 7) is 3.33. The number of thioether (sulfide) groups is 1. The van der Waals surface area contributed by atoms with Gasteiger partial charge in [-0.1, -0.05) is 26.2 Å². The molecule has 0 amide bonds. The second-order valence-electron chi connectivity index (χ2n) is 4.96. The maximum Gasteiger partial charge on any atom is 0.110 e. The molecule has 0 saturated heterocycles. The van der Waals surface area contributed by atoms with Crippen molar-refractivity contribution in [1.29, 1.82) is 0 Å². The van der Waals surface area contributed by atoms with Crippen LogP contribution >= 0.6 is 27.7 Å². The van der Waals surface area contributed by atoms with Crippen molar-refractivity contribution in [2.24, 2.45) is 0 Å². The second-order valence-corrected chi connectivity index (χ2v) is 7.24. The average Bonchev–Trinajstić information content (AvgIpc) is 2.40. The zero-order valence-corrected chi connectivity index (χ0v) is 13.3. The Bertz CT molecular complexity index is 367. The molecule has 1 fully saturated rings. The van der Waals surface area contributed by atoms with Gasteiger partial charge in [0.25, 0.3) is 0 Å². The summed E-state index contributed by atoms with van der Waals surface area (Å²) in [5.41, 5.74) is 0. The fourth-order valence-corrected chi connectivity index (χ4v) is 3.73. The van der Waals surface area contributed by atoms with E-state index < -0.39 is 0 Å². The SMILES string of the molecule is CC(CNC1CCCCC1)Sc1ncccc1Br. The Morgan fingerprint density at radius 2 is 2.22 bits per heavy atom. The van der Waals surface area contributed by atoms with Crippen LogP contribution < -0.4 is 5.32 Å². The van der Waals surface area contributed by atoms with Gasteiger partial charge in [0.05, 0.1) is 0 Å². The Kier molecular flexibility index (Phi) is 5.99. The summed E-state index contributed by atoms with van der Waals surface area (Å²) >= 11 is 5.39. The molecule has 1 N–H and O–H groups in total. The summed E-state index contributed by atoms with van der Waals surface area (Å²) in [6, 6.07) is 4.75. The number of aromatic nitrogens is 1. The Hall–Kier alpha value is -0.0600. The fraction of sp³-hybridized carbons (Fsp3) is 0.643. The number of nitrogens with zero attached hydrogens (tertiary/aromatic N) is 1. The van der Waals surface area contributed by atoms with Crippen molar-refractivity contribution < 1.29 is 0 Å². The van der Waals surface area contributed by atoms with Gasteiger partial charge in [-0.25, -0.2) is 4.98 Å². The summed E-state index contributed by atoms with van der Waals surface area (Å²) in [5.74, 6) is 0. The van der Waals surface area contributed by atoms with Crippen molar-refractivity contribution in [3.05, 3.63) is 22.8 Å². The number of halogens is 1. The first kappa shape index (κ1) is 14.4. The standard InChI is InChI=1S/C14H21BrN2S/c1-11(10-17-12-6-3-2-4-7-12)18-14-13(15)8-5-9-16-14/h5,8-9,11-12,17H,2-4,6-7,10H2,1H3. The van der Waals surface area contributed by atoms with Crippen molar-refractivity contribution >= 4 is 27.7 Å². The molecule has 1 unspecified atom stereocenters. The number of hydrogen-bond donors (Lipinski definition) is 1. The highest BCUT2D eigenvalue weighted by Gasteiger charge is 2.14. The summed E-state index contributed by atoms with van der Waals surface area (Å²) in [7, 11) is 0. The molecular formula is C14H21BrN2S. The lowest BCUT2D eigenvalue weighted by Gasteiger charge is -2.24. The summed E-state index contributed by atoms with van der Waals surface area (Å²) in [4.78, 5) is 4.40. The minimum atomic E-state index is 0.554. The van der Waals surface area contributed by atoms with Gasteiger partial charge in [0.15, 0.2) is 0 Å². The highest BCUT2D eigenvalue weighted by Crippen LogP contribution is 2.28. The molecule has 0 aliphatic heterocycles. The van der Waals surface area contributed by atoms with Crippen LogP contribution in [-0.2, 0) is 0 Å². The number of pyridine rings is 1. The molecule has 0 radical (unpaired) electrons. The Morgan fingerprint density at radius 3 is 2.94 bits per heavy atom. The van der Waals surface area contributed by atoms with E-state index in [1.165, 1.54) is 32.1 Å². The molecule has 100 valence electrons. The molecule has 1 aromatic rings. The molecule has 18 heavy (non-hydrogen) atoms. The Balaban J connectivity index is 1.74. The summed E-state index contributed by atoms with van der Waals surface area (Å²) < 4.78 is 1.10. The molecular weight excluding hydrogens is 308 g/mol. The zero-order chi connectivity index (χ0) is 12.8. The van der Waals surface area contributed by atoms with Crippen LogP contribution in [0.5, 0.6) is 0 Å². The molecule has 0 bridgehead atoms. The molecule has 2 rings (SSSR count). The zero-order valence-electron chi connectivity index (χ0n) is 10.9. The first-order valence-electron chi connectivity index (χ1n) is 6.76. The van der Waals surface area contributed by atoms with E-state index in [9.17, 15) is 0 Å². The summed E-state index contributed by atoms with van der Waals surface area (Å²) in [6.07, 6.45) is 8.77. The van der Waals surface area contributed by atoms with Crippen LogP contribution in [0.15, 0.2) is 27.8 Å². The quantitative estimate of drug-likeness (QED) is 0.818. The lowest BCUT2D eigenvalue weighted by atomic mass is 9.95. The van der Waals surface area contributed by atoms with Gasteiger partial charge >= 0.3 is 0 Å². The minimum absolute atomic E-state index is 0.554. The molecule has 2 nitrogen and oxygen atoms in total. The monoisotopic (exact) mass is 328 g/mol. The number of nitrogens with one attached hydrogen (secondary N) is 1. The average molecular weight is 329 g/mol. The maximum atomic E-state index is 4.40. The lowest BCUT2D eigenvalue weighted by Crippen LogP contribution is -2.35. The lowest BCUT2D eigenvalue weighted by molar-refractivity contribution is 0.375. The largest absolute Gasteiger partial charge is 0.313 e. The van der Waals surface area contributed by atoms with Gasteiger partial charge in [0, 0.05) is 28.5 Å². The third-order valence-electron chi connectivity index (χ3n) is 3.34. The van der Waals surface area contributed by atoms with E-state index in [1.54, 1.807) is 0 Å². The van der Waals surface area contributed by atoms with E-state index in [0.717, 1.165) is 22.1 Å². The van der Waals surface area contributed by atoms with Crippen molar-refractivity contribution in [2.75, 3.05) is 6.54 Å². The van der Waals surface area contributed by atoms with Crippen molar-refractivity contribution in [1.82, 2.24) is 10.3 Å². The van der Waals surface area contributed by atoms with E-state index in [-0.39, 0.29) is 0 Å². The molecule has 1 aromatic heterocycles. The fourth-order valence-electron chi connectivity index (χ4n) is 2.33. The van der Waals surface area contributed by atoms with Gasteiger partial charge in [-0.3, -0.25) is 0 Å². The van der Waals surface area contributed by atoms with Gasteiger partial charge in [-0.05, 0) is 40.9 Å². The predicted octanol–water partition coefficient (Wildman–Crippen LogP) is 4.25. The first-order valence-corrected chi connectivity index (χ1v) is 8.43. The van der Waals surface area contributed by atoms with Gasteiger partial charge in [-0.2, -0.15) is 0 Å². The topological polar surface area (TPSA) is 24.9 Å². The van der Waals surface area contributed by atoms with E-state index >= 15 is 0 Å². The van der Waals surface area contributed by atoms with E-state index in [4.69, 9.17) is 0 Å². The van der Waals surface area contributed by atoms with Crippen LogP contribution in [0.4, 0.5) is 0 Å². The van der Waals surface area contributed by atoms with Crippen molar-refractivity contribution in [3.8, 4) is 0 Å². The second kappa shape index (κ2) is 7.51. The molecule has 1 saturated carbocycles. The number of rotatable bonds is 5. The summed E-state index contributed by atoms with van der Waals surface area (Å²) in [5, 5.41) is 5.34. The molecule has 1 atom stereocenters. The molecule has 1 aliphatic carbocycles. The normalized spacial score (nSPS) is 18.8. The third-order valence-corrected chi connectivity index (χ3v) is 5.36. The van der Waals surface area contributed by atoms with Gasteiger partial charge < -0.3 is 5.32 Å². The molecule has 0 aromatic carbocycles. The molecule has 4 heteroatoms. The van der Waals surface area contributed by atoms with E-state index in [0.29, 0.717) is 5.25 Å². The third kappa shape index (κ3) is 4.56. The molecule has 1 heterocycles. The highest BCUT2D eigenvalue weighted by molar-refractivity contribution is 9.10. The van der Waals surface area contributed by atoms with Gasteiger partial charge in [0.1, 0.15) is 5.03 Å². The smallest absolute Gasteiger partial charge is 0.110 e. The van der Waals surface area contributed by atoms with Crippen LogP contribution in [0, 0.1) is 0 Å². The van der Waals surface area contributed by atoms with Crippen LogP contribution in [0.2, 0.25) is 0 Å². The van der Waals surface area contributed by atoms with Crippen LogP contribution in [-0.4, -0.2) is 22.8 Å². The van der Waals surface area contributed by atoms with E-state index in [1.807, 2.05) is 24.0 Å². The van der Waals surface area contributed by atoms with Gasteiger partial charge in [-0.15, -0.1) is 11.8 Å². The minimum Gasteiger partial charge on any atom is -0.313 e. The van der Waals surface area contributed by atoms with Gasteiger partial charge in [0.2, 0.25) is 0 Å². The Morgan fingerprint density at radius 1 is 1.44 bits per heavy atom. The molecule has 1 aliphatic rings. The van der Waals surface area contributed by atoms with Crippen LogP contribution in [0.25, 0.3) is 0 Å². The maximum absolute atomic E-state index is 4.40. The Labute approximate surface area is 122 Å². The highest BCUT2D eigenvalue weighted by atomic mass is 79.9. The first-order chi connectivity index (χ1) is 8.75. The van der Waals surface area contributed by atoms with Crippen molar-refractivity contribution in [2.45, 2.75) is 55.3 Å². The van der Waals surface area contributed by atoms with Crippen LogP contribution in [0.1, 0.15) is 39.0 Å². The van der Waals surface area contributed by atoms with Crippen molar-refractivity contribution in [3.63, 3.8) is 0 Å². The number of hydrogen-bond acceptors (Lipinski definition) is 3. The molecule has 0 spiro atoms. The van der Waals surface area contributed by atoms with E-state index in [2.05, 4.69) is 39.2 Å².